The molecular weight excluding hydrogens is 474 g/mol. The zero-order valence-corrected chi connectivity index (χ0v) is 22.8. The maximum Gasteiger partial charge on any atom is 0.219 e. The highest BCUT2D eigenvalue weighted by molar-refractivity contribution is 6.11. The van der Waals surface area contributed by atoms with Crippen LogP contribution in [-0.2, 0) is 7.05 Å². The van der Waals surface area contributed by atoms with Crippen molar-refractivity contribution in [3.05, 3.63) is 59.2 Å². The van der Waals surface area contributed by atoms with Gasteiger partial charge in [-0.15, -0.1) is 0 Å². The van der Waals surface area contributed by atoms with Crippen molar-refractivity contribution in [1.29, 1.82) is 0 Å². The summed E-state index contributed by atoms with van der Waals surface area (Å²) in [4.78, 5) is 4.28. The van der Waals surface area contributed by atoms with Crippen molar-refractivity contribution < 1.29 is 26.3 Å². The second-order valence-electron chi connectivity index (χ2n) is 9.24. The van der Waals surface area contributed by atoms with Crippen molar-refractivity contribution in [3.63, 3.8) is 0 Å². The third kappa shape index (κ3) is 4.15. The van der Waals surface area contributed by atoms with Crippen LogP contribution in [0.1, 0.15) is 16.7 Å². The Balaban J connectivity index is 0.00000306. The van der Waals surface area contributed by atoms with Crippen molar-refractivity contribution >= 4 is 33.2 Å². The lowest BCUT2D eigenvalue weighted by Gasteiger charge is -2.20. The molecule has 4 rings (SSSR count). The van der Waals surface area contributed by atoms with Crippen LogP contribution in [0.15, 0.2) is 42.5 Å². The number of nitrogens with zero attached hydrogens (tertiary/aromatic N) is 3. The molecule has 0 radical (unpaired) electrons. The Kier molecular flexibility index (Phi) is 6.94. The summed E-state index contributed by atoms with van der Waals surface area (Å²) in [7, 11) is 12.2. The molecule has 3 aromatic carbocycles. The second kappa shape index (κ2) is 9.22. The zero-order valence-electron chi connectivity index (χ0n) is 21.2. The normalized spacial score (nSPS) is 10.9. The maximum atomic E-state index is 6.00. The summed E-state index contributed by atoms with van der Waals surface area (Å²) in [6.45, 7) is 6.60. The molecule has 0 fully saturated rings. The third-order valence-electron chi connectivity index (χ3n) is 6.47. The lowest BCUT2D eigenvalue weighted by molar-refractivity contribution is -0.617. The summed E-state index contributed by atoms with van der Waals surface area (Å²) in [5, 5.41) is 2.39. The van der Waals surface area contributed by atoms with Gasteiger partial charge in [-0.1, -0.05) is 17.7 Å². The van der Waals surface area contributed by atoms with E-state index in [9.17, 15) is 0 Å². The first-order valence-corrected chi connectivity index (χ1v) is 11.0. The number of hydrogen-bond acceptors (Lipinski definition) is 3. The van der Waals surface area contributed by atoms with Crippen LogP contribution in [0, 0.1) is 20.8 Å². The highest BCUT2D eigenvalue weighted by Gasteiger charge is 2.26. The van der Waals surface area contributed by atoms with E-state index in [0.717, 1.165) is 22.3 Å². The fraction of sp³-hybridized carbons (Fsp3) is 0.321. The molecule has 0 saturated carbocycles. The number of halogens is 1. The first kappa shape index (κ1) is 24.8. The Labute approximate surface area is 208 Å². The van der Waals surface area contributed by atoms with Crippen LogP contribution in [0.4, 0.5) is 11.4 Å². The second-order valence-corrected chi connectivity index (χ2v) is 9.24. The molecule has 0 aliphatic rings. The molecule has 0 atom stereocenters. The molecule has 0 amide bonds. The van der Waals surface area contributed by atoms with E-state index in [4.69, 9.17) is 4.74 Å². The lowest BCUT2D eigenvalue weighted by Crippen LogP contribution is -3.00. The molecule has 0 bridgehead atoms. The van der Waals surface area contributed by atoms with Crippen LogP contribution >= 0.6 is 0 Å². The lowest BCUT2D eigenvalue weighted by atomic mass is 9.88. The minimum absolute atomic E-state index is 0. The number of rotatable bonds is 4. The van der Waals surface area contributed by atoms with Crippen molar-refractivity contribution in [2.75, 3.05) is 45.1 Å². The van der Waals surface area contributed by atoms with E-state index in [2.05, 4.69) is 113 Å². The van der Waals surface area contributed by atoms with E-state index in [-0.39, 0.29) is 17.0 Å². The van der Waals surface area contributed by atoms with Gasteiger partial charge in [-0.25, -0.2) is 0 Å². The molecule has 0 spiro atoms. The number of aromatic nitrogens is 1. The van der Waals surface area contributed by atoms with Gasteiger partial charge >= 0.3 is 0 Å². The predicted octanol–water partition coefficient (Wildman–Crippen LogP) is 2.55. The molecule has 5 heteroatoms. The van der Waals surface area contributed by atoms with Gasteiger partial charge in [-0.2, -0.15) is 4.57 Å². The van der Waals surface area contributed by atoms with Gasteiger partial charge in [0.15, 0.2) is 0 Å². The minimum atomic E-state index is 0. The number of methoxy groups -OCH3 is 1. The summed E-state index contributed by atoms with van der Waals surface area (Å²) >= 11 is 0. The first-order chi connectivity index (χ1) is 15.1. The van der Waals surface area contributed by atoms with Gasteiger partial charge in [0.2, 0.25) is 11.0 Å². The first-order valence-electron chi connectivity index (χ1n) is 11.0. The van der Waals surface area contributed by atoms with Crippen molar-refractivity contribution in [1.82, 2.24) is 0 Å². The standard InChI is InChI=1S/C28H34N3O.BrH/c1-17-12-18(2)26(19(3)13-17)27-22-11-10-20(29(4)5)14-23(22)31(8)24-15-21(30(6)7)16-25(32-9)28(24)27;/h10-16H,1-9H3;1H/q+1;/p-1. The van der Waals surface area contributed by atoms with E-state index in [1.807, 2.05) is 0 Å². The topological polar surface area (TPSA) is 19.6 Å². The van der Waals surface area contributed by atoms with Crippen LogP contribution in [0.25, 0.3) is 32.9 Å². The van der Waals surface area contributed by atoms with E-state index < -0.39 is 0 Å². The Morgan fingerprint density at radius 3 is 1.85 bits per heavy atom. The summed E-state index contributed by atoms with van der Waals surface area (Å²) in [5.74, 6) is 0.898. The van der Waals surface area contributed by atoms with E-state index in [0.29, 0.717) is 0 Å². The number of pyridine rings is 1. The summed E-state index contributed by atoms with van der Waals surface area (Å²) < 4.78 is 8.30. The number of benzene rings is 3. The van der Waals surface area contributed by atoms with Crippen LogP contribution in [0.3, 0.4) is 0 Å². The summed E-state index contributed by atoms with van der Waals surface area (Å²) in [6, 6.07) is 15.7. The Hall–Kier alpha value is -2.79. The van der Waals surface area contributed by atoms with Gasteiger partial charge in [0.05, 0.1) is 17.9 Å². The van der Waals surface area contributed by atoms with Crippen molar-refractivity contribution in [2.24, 2.45) is 7.05 Å². The highest BCUT2D eigenvalue weighted by atomic mass is 79.9. The van der Waals surface area contributed by atoms with E-state index in [1.165, 1.54) is 44.4 Å². The average Bonchev–Trinajstić information content (AvgIpc) is 2.74. The molecule has 4 aromatic rings. The summed E-state index contributed by atoms with van der Waals surface area (Å²) in [6.07, 6.45) is 0. The largest absolute Gasteiger partial charge is 1.00 e. The predicted molar refractivity (Wildman–Crippen MR) is 137 cm³/mol. The fourth-order valence-corrected chi connectivity index (χ4v) is 4.91. The number of hydrogen-bond donors (Lipinski definition) is 0. The molecule has 0 aliphatic heterocycles. The molecule has 4 nitrogen and oxygen atoms in total. The van der Waals surface area contributed by atoms with Gasteiger partial charge < -0.3 is 31.5 Å². The van der Waals surface area contributed by atoms with Crippen molar-refractivity contribution in [3.8, 4) is 16.9 Å². The zero-order chi connectivity index (χ0) is 23.3. The van der Waals surface area contributed by atoms with Crippen LogP contribution in [0.2, 0.25) is 0 Å². The molecule has 174 valence electrons. The van der Waals surface area contributed by atoms with Gasteiger partial charge in [-0.05, 0) is 49.6 Å². The number of fused-ring (bicyclic) bond motifs is 2. The smallest absolute Gasteiger partial charge is 0.219 e. The monoisotopic (exact) mass is 507 g/mol. The molecule has 1 aromatic heterocycles. The van der Waals surface area contributed by atoms with Gasteiger partial charge in [0, 0.05) is 63.3 Å². The van der Waals surface area contributed by atoms with Crippen LogP contribution in [0.5, 0.6) is 5.75 Å². The van der Waals surface area contributed by atoms with E-state index >= 15 is 0 Å². The molecule has 1 heterocycles. The third-order valence-corrected chi connectivity index (χ3v) is 6.47. The summed E-state index contributed by atoms with van der Waals surface area (Å²) in [5.41, 5.74) is 11.1. The number of ether oxygens (including phenoxy) is 1. The maximum absolute atomic E-state index is 6.00. The Bertz CT molecular complexity index is 1340. The Morgan fingerprint density at radius 2 is 1.30 bits per heavy atom. The van der Waals surface area contributed by atoms with Gasteiger partial charge in [0.25, 0.3) is 0 Å². The van der Waals surface area contributed by atoms with Gasteiger partial charge in [0.1, 0.15) is 12.8 Å². The van der Waals surface area contributed by atoms with Crippen LogP contribution < -0.4 is 36.1 Å². The van der Waals surface area contributed by atoms with E-state index in [1.54, 1.807) is 7.11 Å². The fourth-order valence-electron chi connectivity index (χ4n) is 4.91. The molecule has 0 saturated heterocycles. The molecular formula is C28H34BrN3O. The SMILES string of the molecule is COc1cc(N(C)C)cc2c1c(-c1c(C)cc(C)cc1C)c1ccc(N(C)C)cc1[n+]2C.[Br-]. The van der Waals surface area contributed by atoms with Gasteiger partial charge in [-0.3, -0.25) is 0 Å². The van der Waals surface area contributed by atoms with Crippen molar-refractivity contribution in [2.45, 2.75) is 20.8 Å². The molecule has 0 aliphatic carbocycles. The molecule has 33 heavy (non-hydrogen) atoms. The highest BCUT2D eigenvalue weighted by Crippen LogP contribution is 2.43. The Morgan fingerprint density at radius 1 is 0.727 bits per heavy atom. The molecule has 0 unspecified atom stereocenters. The number of aryl methyl sites for hydroxylation is 4. The van der Waals surface area contributed by atoms with Crippen LogP contribution in [-0.4, -0.2) is 35.3 Å². The minimum Gasteiger partial charge on any atom is -1.00 e. The average molecular weight is 509 g/mol. The number of anilines is 2. The quantitative estimate of drug-likeness (QED) is 0.312. The molecule has 0 N–H and O–H groups in total.